The number of aromatic nitrogens is 2. The number of piperazine rings is 1. The largest absolute Gasteiger partial charge is 0.349 e. The van der Waals surface area contributed by atoms with Crippen molar-refractivity contribution in [3.05, 3.63) is 64.8 Å². The normalized spacial score (nSPS) is 16.7. The molecule has 3 heterocycles. The highest BCUT2D eigenvalue weighted by Crippen LogP contribution is 2.07. The van der Waals surface area contributed by atoms with Crippen LogP contribution in [0.15, 0.2) is 53.6 Å². The van der Waals surface area contributed by atoms with E-state index in [1.807, 2.05) is 18.2 Å². The maximum Gasteiger partial charge on any atom is 0.250 e. The van der Waals surface area contributed by atoms with E-state index in [2.05, 4.69) is 15.6 Å². The number of pyridine rings is 2. The van der Waals surface area contributed by atoms with Crippen molar-refractivity contribution in [2.24, 2.45) is 0 Å². The van der Waals surface area contributed by atoms with Crippen molar-refractivity contribution in [1.29, 1.82) is 0 Å². The van der Waals surface area contributed by atoms with E-state index in [1.165, 1.54) is 10.6 Å². The molecule has 0 spiro atoms. The minimum atomic E-state index is -0.567. The summed E-state index contributed by atoms with van der Waals surface area (Å²) in [6.45, 7) is 2.12. The highest BCUT2D eigenvalue weighted by atomic mass is 16.2. The Hall–Kier alpha value is -3.00. The van der Waals surface area contributed by atoms with Gasteiger partial charge in [-0.25, -0.2) is 0 Å². The van der Waals surface area contributed by atoms with E-state index in [1.54, 1.807) is 29.4 Å². The summed E-state index contributed by atoms with van der Waals surface area (Å²) in [6.07, 6.45) is 3.50. The lowest BCUT2D eigenvalue weighted by Gasteiger charge is -2.35. The van der Waals surface area contributed by atoms with E-state index in [9.17, 15) is 14.4 Å². The Morgan fingerprint density at radius 3 is 2.85 bits per heavy atom. The zero-order chi connectivity index (χ0) is 19.1. The summed E-state index contributed by atoms with van der Waals surface area (Å²) in [5.41, 5.74) is 0.617. The Labute approximate surface area is 157 Å². The lowest BCUT2D eigenvalue weighted by atomic mass is 10.1. The first kappa shape index (κ1) is 18.8. The van der Waals surface area contributed by atoms with Crippen LogP contribution >= 0.6 is 0 Å². The minimum absolute atomic E-state index is 0.134. The second-order valence-corrected chi connectivity index (χ2v) is 6.33. The Kier molecular flexibility index (Phi) is 6.32. The molecule has 3 rings (SSSR count). The van der Waals surface area contributed by atoms with Crippen molar-refractivity contribution in [2.45, 2.75) is 25.6 Å². The van der Waals surface area contributed by atoms with Crippen molar-refractivity contribution in [3.63, 3.8) is 0 Å². The van der Waals surface area contributed by atoms with Crippen LogP contribution in [-0.4, -0.2) is 51.9 Å². The summed E-state index contributed by atoms with van der Waals surface area (Å²) in [5, 5.41) is 6.00. The molecular formula is C19H23N5O3. The summed E-state index contributed by atoms with van der Waals surface area (Å²) >= 11 is 0. The maximum atomic E-state index is 12.7. The van der Waals surface area contributed by atoms with Gasteiger partial charge in [-0.2, -0.15) is 0 Å². The average molecular weight is 369 g/mol. The van der Waals surface area contributed by atoms with Crippen LogP contribution in [0.3, 0.4) is 0 Å². The van der Waals surface area contributed by atoms with E-state index in [4.69, 9.17) is 0 Å². The van der Waals surface area contributed by atoms with Gasteiger partial charge in [0.15, 0.2) is 0 Å². The van der Waals surface area contributed by atoms with Gasteiger partial charge >= 0.3 is 0 Å². The molecule has 1 fully saturated rings. The molecule has 2 aromatic rings. The highest BCUT2D eigenvalue weighted by molar-refractivity contribution is 5.88. The minimum Gasteiger partial charge on any atom is -0.349 e. The third kappa shape index (κ3) is 5.01. The average Bonchev–Trinajstić information content (AvgIpc) is 2.72. The molecule has 1 unspecified atom stereocenters. The van der Waals surface area contributed by atoms with Crippen LogP contribution in [0.1, 0.15) is 12.1 Å². The SMILES string of the molecule is O=C(NCc1ccccn1)C1CNCCN1C(=O)CCn1ccccc1=O. The van der Waals surface area contributed by atoms with Crippen LogP contribution in [-0.2, 0) is 22.7 Å². The number of nitrogens with one attached hydrogen (secondary N) is 2. The molecule has 0 aromatic carbocycles. The molecule has 0 bridgehead atoms. The molecule has 0 radical (unpaired) electrons. The van der Waals surface area contributed by atoms with E-state index in [0.29, 0.717) is 32.7 Å². The molecule has 1 aliphatic heterocycles. The lowest BCUT2D eigenvalue weighted by Crippen LogP contribution is -2.59. The van der Waals surface area contributed by atoms with Gasteiger partial charge in [-0.15, -0.1) is 0 Å². The van der Waals surface area contributed by atoms with Crippen LogP contribution < -0.4 is 16.2 Å². The maximum absolute atomic E-state index is 12.7. The number of nitrogens with zero attached hydrogens (tertiary/aromatic N) is 3. The molecule has 142 valence electrons. The fraction of sp³-hybridized carbons (Fsp3) is 0.368. The topological polar surface area (TPSA) is 96.3 Å². The number of hydrogen-bond donors (Lipinski definition) is 2. The monoisotopic (exact) mass is 369 g/mol. The van der Waals surface area contributed by atoms with E-state index < -0.39 is 6.04 Å². The van der Waals surface area contributed by atoms with Crippen LogP contribution in [0, 0.1) is 0 Å². The Morgan fingerprint density at radius 2 is 2.07 bits per heavy atom. The number of aryl methyl sites for hydroxylation is 1. The summed E-state index contributed by atoms with van der Waals surface area (Å²) < 4.78 is 1.50. The molecule has 2 N–H and O–H groups in total. The Bertz CT molecular complexity index is 836. The molecule has 2 amide bonds. The third-order valence-corrected chi connectivity index (χ3v) is 4.50. The smallest absolute Gasteiger partial charge is 0.250 e. The lowest BCUT2D eigenvalue weighted by molar-refractivity contribution is -0.141. The van der Waals surface area contributed by atoms with Crippen LogP contribution in [0.25, 0.3) is 0 Å². The van der Waals surface area contributed by atoms with E-state index >= 15 is 0 Å². The zero-order valence-electron chi connectivity index (χ0n) is 15.0. The summed E-state index contributed by atoms with van der Waals surface area (Å²) in [5.74, 6) is -0.344. The fourth-order valence-electron chi connectivity index (χ4n) is 3.04. The summed E-state index contributed by atoms with van der Waals surface area (Å²) in [6, 6.07) is 9.82. The van der Waals surface area contributed by atoms with Gasteiger partial charge < -0.3 is 20.1 Å². The van der Waals surface area contributed by atoms with E-state index in [-0.39, 0.29) is 23.8 Å². The molecule has 8 heteroatoms. The summed E-state index contributed by atoms with van der Waals surface area (Å²) in [7, 11) is 0. The van der Waals surface area contributed by atoms with Gasteiger partial charge in [0, 0.05) is 51.1 Å². The molecule has 27 heavy (non-hydrogen) atoms. The van der Waals surface area contributed by atoms with Gasteiger partial charge in [0.05, 0.1) is 12.2 Å². The first-order valence-corrected chi connectivity index (χ1v) is 8.98. The zero-order valence-corrected chi connectivity index (χ0v) is 15.0. The van der Waals surface area contributed by atoms with Crippen molar-refractivity contribution in [3.8, 4) is 0 Å². The number of carbonyl (C=O) groups is 2. The first-order chi connectivity index (χ1) is 13.1. The molecule has 0 saturated carbocycles. The Morgan fingerprint density at radius 1 is 1.22 bits per heavy atom. The third-order valence-electron chi connectivity index (χ3n) is 4.50. The molecule has 1 atom stereocenters. The van der Waals surface area contributed by atoms with Crippen LogP contribution in [0.2, 0.25) is 0 Å². The second-order valence-electron chi connectivity index (χ2n) is 6.33. The van der Waals surface area contributed by atoms with Crippen LogP contribution in [0.5, 0.6) is 0 Å². The molecule has 0 aliphatic carbocycles. The van der Waals surface area contributed by atoms with Crippen molar-refractivity contribution in [2.75, 3.05) is 19.6 Å². The van der Waals surface area contributed by atoms with Gasteiger partial charge in [0.2, 0.25) is 11.8 Å². The highest BCUT2D eigenvalue weighted by Gasteiger charge is 2.31. The van der Waals surface area contributed by atoms with E-state index in [0.717, 1.165) is 5.69 Å². The molecule has 2 aromatic heterocycles. The van der Waals surface area contributed by atoms with Crippen molar-refractivity contribution >= 4 is 11.8 Å². The van der Waals surface area contributed by atoms with Gasteiger partial charge in [0.1, 0.15) is 6.04 Å². The van der Waals surface area contributed by atoms with Crippen molar-refractivity contribution < 1.29 is 9.59 Å². The van der Waals surface area contributed by atoms with Gasteiger partial charge in [-0.05, 0) is 18.2 Å². The van der Waals surface area contributed by atoms with Crippen LogP contribution in [0.4, 0.5) is 0 Å². The van der Waals surface area contributed by atoms with Gasteiger partial charge in [-0.3, -0.25) is 19.4 Å². The van der Waals surface area contributed by atoms with Gasteiger partial charge in [0.25, 0.3) is 5.56 Å². The number of rotatable bonds is 6. The second kappa shape index (κ2) is 9.09. The quantitative estimate of drug-likeness (QED) is 0.732. The summed E-state index contributed by atoms with van der Waals surface area (Å²) in [4.78, 5) is 42.8. The predicted octanol–water partition coefficient (Wildman–Crippen LogP) is -0.250. The number of hydrogen-bond acceptors (Lipinski definition) is 5. The van der Waals surface area contributed by atoms with Crippen molar-refractivity contribution in [1.82, 2.24) is 25.1 Å². The number of carbonyl (C=O) groups excluding carboxylic acids is 2. The molecule has 1 aliphatic rings. The standard InChI is InChI=1S/C19H23N5O3/c25-17-6-2-4-10-23(17)11-7-18(26)24-12-9-20-14-16(24)19(27)22-13-15-5-1-3-8-21-15/h1-6,8,10,16,20H,7,9,11-14H2,(H,22,27). The molecule has 1 saturated heterocycles. The predicted molar refractivity (Wildman–Crippen MR) is 99.8 cm³/mol. The fourth-order valence-corrected chi connectivity index (χ4v) is 3.04. The molecular weight excluding hydrogens is 346 g/mol. The molecule has 8 nitrogen and oxygen atoms in total. The Balaban J connectivity index is 1.58. The number of amides is 2. The van der Waals surface area contributed by atoms with Gasteiger partial charge in [-0.1, -0.05) is 12.1 Å². The first-order valence-electron chi connectivity index (χ1n) is 8.98.